The van der Waals surface area contributed by atoms with Gasteiger partial charge in [-0.2, -0.15) is 0 Å². The van der Waals surface area contributed by atoms with E-state index in [2.05, 4.69) is 9.88 Å². The smallest absolute Gasteiger partial charge is 0.290 e. The molecule has 2 aliphatic rings. The van der Waals surface area contributed by atoms with Crippen molar-refractivity contribution < 1.29 is 19.4 Å². The number of aryl methyl sites for hydroxylation is 2. The highest BCUT2D eigenvalue weighted by Crippen LogP contribution is 2.42. The molecule has 2 aliphatic heterocycles. The lowest BCUT2D eigenvalue weighted by atomic mass is 9.95. The summed E-state index contributed by atoms with van der Waals surface area (Å²) < 4.78 is 5.39. The highest BCUT2D eigenvalue weighted by atomic mass is 35.5. The monoisotopic (exact) mass is 495 g/mol. The molecule has 2 aromatic rings. The van der Waals surface area contributed by atoms with E-state index in [-0.39, 0.29) is 5.57 Å². The van der Waals surface area contributed by atoms with E-state index in [1.165, 1.54) is 16.2 Å². The molecule has 7 nitrogen and oxygen atoms in total. The van der Waals surface area contributed by atoms with E-state index in [4.69, 9.17) is 27.9 Å². The van der Waals surface area contributed by atoms with Crippen LogP contribution in [-0.2, 0) is 9.53 Å². The number of ketones is 1. The Labute approximate surface area is 200 Å². The van der Waals surface area contributed by atoms with Crippen LogP contribution in [0.4, 0.5) is 0 Å². The first-order valence-corrected chi connectivity index (χ1v) is 11.8. The highest BCUT2D eigenvalue weighted by Gasteiger charge is 2.45. The zero-order chi connectivity index (χ0) is 23.0. The van der Waals surface area contributed by atoms with Crippen molar-refractivity contribution in [3.05, 3.63) is 60.7 Å². The average Bonchev–Trinajstić information content (AvgIpc) is 3.22. The number of aliphatic hydroxyl groups is 1. The van der Waals surface area contributed by atoms with Gasteiger partial charge in [0, 0.05) is 36.2 Å². The fourth-order valence-electron chi connectivity index (χ4n) is 4.10. The summed E-state index contributed by atoms with van der Waals surface area (Å²) in [5.41, 5.74) is 1.13. The van der Waals surface area contributed by atoms with Crippen LogP contribution in [-0.4, -0.2) is 71.0 Å². The van der Waals surface area contributed by atoms with E-state index in [1.54, 1.807) is 25.1 Å². The summed E-state index contributed by atoms with van der Waals surface area (Å²) in [6.07, 6.45) is 0. The molecule has 1 aromatic carbocycles. The van der Waals surface area contributed by atoms with Gasteiger partial charge in [0.25, 0.3) is 5.91 Å². The molecule has 1 atom stereocenters. The molecule has 32 heavy (non-hydrogen) atoms. The maximum Gasteiger partial charge on any atom is 0.290 e. The topological polar surface area (TPSA) is 83.0 Å². The standard InChI is InChI=1S/C22H23Cl2N3O4S/c1-12-21(32-13(2)25-12)19(28)17-18(15-4-3-14(23)11-16(15)24)27(22(30)20(17)29)6-5-26-7-9-31-10-8-26/h3-4,11,18,29H,5-10H2,1-2H3. The summed E-state index contributed by atoms with van der Waals surface area (Å²) in [6, 6.07) is 4.11. The van der Waals surface area contributed by atoms with Crippen LogP contribution in [0.15, 0.2) is 29.5 Å². The molecule has 1 N–H and O–H groups in total. The van der Waals surface area contributed by atoms with Crippen molar-refractivity contribution >= 4 is 46.2 Å². The van der Waals surface area contributed by atoms with Gasteiger partial charge in [-0.15, -0.1) is 11.3 Å². The number of hydrogen-bond donors (Lipinski definition) is 1. The van der Waals surface area contributed by atoms with Crippen LogP contribution >= 0.6 is 34.5 Å². The molecule has 0 radical (unpaired) electrons. The molecule has 1 fully saturated rings. The lowest BCUT2D eigenvalue weighted by molar-refractivity contribution is -0.129. The maximum absolute atomic E-state index is 13.5. The van der Waals surface area contributed by atoms with E-state index < -0.39 is 23.5 Å². The van der Waals surface area contributed by atoms with Crippen molar-refractivity contribution in [3.8, 4) is 0 Å². The predicted octanol–water partition coefficient (Wildman–Crippen LogP) is 3.98. The van der Waals surface area contributed by atoms with Crippen LogP contribution in [0.1, 0.15) is 32.0 Å². The van der Waals surface area contributed by atoms with Crippen LogP contribution in [0.3, 0.4) is 0 Å². The van der Waals surface area contributed by atoms with Gasteiger partial charge >= 0.3 is 0 Å². The summed E-state index contributed by atoms with van der Waals surface area (Å²) in [6.45, 7) is 7.26. The Morgan fingerprint density at radius 3 is 2.59 bits per heavy atom. The van der Waals surface area contributed by atoms with Crippen molar-refractivity contribution in [1.29, 1.82) is 0 Å². The minimum absolute atomic E-state index is 0.0212. The quantitative estimate of drug-likeness (QED) is 0.610. The number of thiazole rings is 1. The molecule has 10 heteroatoms. The van der Waals surface area contributed by atoms with Crippen LogP contribution < -0.4 is 0 Å². The van der Waals surface area contributed by atoms with Crippen molar-refractivity contribution in [3.63, 3.8) is 0 Å². The first-order chi connectivity index (χ1) is 15.3. The molecule has 1 amide bonds. The van der Waals surface area contributed by atoms with Gasteiger partial charge in [-0.05, 0) is 31.5 Å². The van der Waals surface area contributed by atoms with Crippen molar-refractivity contribution in [1.82, 2.24) is 14.8 Å². The van der Waals surface area contributed by atoms with Gasteiger partial charge in [0.2, 0.25) is 5.78 Å². The van der Waals surface area contributed by atoms with E-state index >= 15 is 0 Å². The Balaban J connectivity index is 1.73. The molecule has 1 saturated heterocycles. The third-order valence-corrected chi connectivity index (χ3v) is 7.31. The number of carbonyl (C=O) groups excluding carboxylic acids is 2. The number of halogens is 2. The predicted molar refractivity (Wildman–Crippen MR) is 124 cm³/mol. The van der Waals surface area contributed by atoms with Crippen LogP contribution in [0, 0.1) is 13.8 Å². The number of aromatic nitrogens is 1. The van der Waals surface area contributed by atoms with Gasteiger partial charge in [0.05, 0.1) is 40.4 Å². The summed E-state index contributed by atoms with van der Waals surface area (Å²) >= 11 is 13.8. The fraction of sp³-hybridized carbons (Fsp3) is 0.409. The number of amides is 1. The van der Waals surface area contributed by atoms with Gasteiger partial charge in [-0.3, -0.25) is 14.5 Å². The lowest BCUT2D eigenvalue weighted by Gasteiger charge is -2.32. The summed E-state index contributed by atoms with van der Waals surface area (Å²) in [7, 11) is 0. The van der Waals surface area contributed by atoms with E-state index in [1.807, 2.05) is 6.92 Å². The third kappa shape index (κ3) is 4.43. The lowest BCUT2D eigenvalue weighted by Crippen LogP contribution is -2.43. The first kappa shape index (κ1) is 23.2. The molecule has 0 spiro atoms. The van der Waals surface area contributed by atoms with Gasteiger partial charge in [-0.1, -0.05) is 29.3 Å². The normalized spacial score (nSPS) is 19.8. The Kier molecular flexibility index (Phi) is 6.88. The summed E-state index contributed by atoms with van der Waals surface area (Å²) in [5.74, 6) is -1.54. The number of ether oxygens (including phenoxy) is 1. The van der Waals surface area contributed by atoms with Gasteiger partial charge in [0.1, 0.15) is 0 Å². The molecular weight excluding hydrogens is 473 g/mol. The SMILES string of the molecule is Cc1nc(C)c(C(=O)C2=C(O)C(=O)N(CCN3CCOCC3)C2c2ccc(Cl)cc2Cl)s1. The molecule has 1 aromatic heterocycles. The number of nitrogens with zero attached hydrogens (tertiary/aromatic N) is 3. The summed E-state index contributed by atoms with van der Waals surface area (Å²) in [4.78, 5) is 35.1. The van der Waals surface area contributed by atoms with Gasteiger partial charge in [-0.25, -0.2) is 4.98 Å². The Morgan fingerprint density at radius 2 is 1.97 bits per heavy atom. The highest BCUT2D eigenvalue weighted by molar-refractivity contribution is 7.14. The average molecular weight is 496 g/mol. The Bertz CT molecular complexity index is 1090. The van der Waals surface area contributed by atoms with Gasteiger partial charge in [0.15, 0.2) is 5.76 Å². The molecule has 0 bridgehead atoms. The van der Waals surface area contributed by atoms with E-state index in [0.29, 0.717) is 52.5 Å². The molecule has 3 heterocycles. The molecule has 0 saturated carbocycles. The second kappa shape index (κ2) is 9.49. The minimum atomic E-state index is -0.817. The maximum atomic E-state index is 13.5. The Hall–Kier alpha value is -1.97. The van der Waals surface area contributed by atoms with Crippen molar-refractivity contribution in [2.75, 3.05) is 39.4 Å². The van der Waals surface area contributed by atoms with Crippen LogP contribution in [0.2, 0.25) is 10.0 Å². The second-order valence-corrected chi connectivity index (χ2v) is 9.81. The molecule has 1 unspecified atom stereocenters. The van der Waals surface area contributed by atoms with E-state index in [9.17, 15) is 14.7 Å². The zero-order valence-corrected chi connectivity index (χ0v) is 20.1. The number of morpholine rings is 1. The van der Waals surface area contributed by atoms with E-state index in [0.717, 1.165) is 18.1 Å². The summed E-state index contributed by atoms with van der Waals surface area (Å²) in [5, 5.41) is 12.3. The van der Waals surface area contributed by atoms with Crippen molar-refractivity contribution in [2.45, 2.75) is 19.9 Å². The molecule has 4 rings (SSSR count). The Morgan fingerprint density at radius 1 is 1.25 bits per heavy atom. The molecular formula is C22H23Cl2N3O4S. The first-order valence-electron chi connectivity index (χ1n) is 10.3. The third-order valence-electron chi connectivity index (χ3n) is 5.68. The number of carbonyl (C=O) groups is 2. The van der Waals surface area contributed by atoms with Crippen LogP contribution in [0.5, 0.6) is 0 Å². The van der Waals surface area contributed by atoms with Gasteiger partial charge < -0.3 is 14.7 Å². The van der Waals surface area contributed by atoms with Crippen LogP contribution in [0.25, 0.3) is 0 Å². The number of Topliss-reactive ketones (excluding diaryl/α,β-unsaturated/α-hetero) is 1. The zero-order valence-electron chi connectivity index (χ0n) is 17.7. The molecule has 0 aliphatic carbocycles. The molecule has 170 valence electrons. The second-order valence-electron chi connectivity index (χ2n) is 7.76. The fourth-order valence-corrected chi connectivity index (χ4v) is 5.49. The largest absolute Gasteiger partial charge is 0.503 e. The van der Waals surface area contributed by atoms with Crippen molar-refractivity contribution in [2.24, 2.45) is 0 Å². The minimum Gasteiger partial charge on any atom is -0.503 e. The number of hydrogen-bond acceptors (Lipinski definition) is 7. The number of benzene rings is 1. The number of aliphatic hydroxyl groups excluding tert-OH is 1. The number of rotatable bonds is 6.